The van der Waals surface area contributed by atoms with Crippen LogP contribution >= 0.6 is 0 Å². The third kappa shape index (κ3) is 14.8. The average Bonchev–Trinajstić information content (AvgIpc) is 1.55. The Kier molecular flexibility index (Phi) is 21.8. The number of nitrogens with zero attached hydrogens (tertiary/aromatic N) is 9. The minimum Gasteiger partial charge on any atom is -0.309 e. The monoisotopic (exact) mass is 1910 g/mol. The van der Waals surface area contributed by atoms with Gasteiger partial charge in [-0.25, -0.2) is 0 Å². The van der Waals surface area contributed by atoms with Gasteiger partial charge < -0.3 is 27.4 Å². The minimum absolute atomic E-state index is 1.11. The lowest BCUT2D eigenvalue weighted by molar-refractivity contribution is 1.17. The molecule has 0 saturated heterocycles. The molecule has 30 rings (SSSR count). The topological polar surface area (TPSA) is 68.2 Å². The highest BCUT2D eigenvalue weighted by molar-refractivity contribution is 6.17. The molecule has 0 aliphatic rings. The summed E-state index contributed by atoms with van der Waals surface area (Å²) in [5, 5.41) is 14.5. The zero-order valence-electron chi connectivity index (χ0n) is 81.7. The van der Waals surface area contributed by atoms with E-state index in [1.807, 2.05) is 37.2 Å². The first-order chi connectivity index (χ1) is 74.5. The summed E-state index contributed by atoms with van der Waals surface area (Å²) in [5.41, 5.74) is 42.0. The Balaban J connectivity index is 0.000000108. The van der Waals surface area contributed by atoms with Crippen LogP contribution in [-0.4, -0.2) is 42.4 Å². The van der Waals surface area contributed by atoms with E-state index in [0.29, 0.717) is 0 Å². The summed E-state index contributed by atoms with van der Waals surface area (Å²) in [6, 6.07) is 191. The van der Waals surface area contributed by atoms with Gasteiger partial charge in [0.1, 0.15) is 0 Å². The van der Waals surface area contributed by atoms with Gasteiger partial charge >= 0.3 is 0 Å². The molecule has 0 N–H and O–H groups in total. The SMILES string of the molecule is c1ccc(-c2cc(-c3cccc(-c4ccccc4)c3-n3c4ccccc4c4ccccc43)cc(-n3c4ccccc4c4cnccc43)c2)cc1.c1ccc(-c2ccc(-c3cccc(-c4ccccc4)c3-n3c4ccccc4c4ccccc43)cc2-n2c3ccccc3c3cnccc32)cc1.c1ccc(-c2cccc(-c3cccc(-n4c5ccccc5c5cnccc54)c3-c3ccccc3)c2-n2c3ccccc3c3ccccc32)cc1. The molecule has 0 fully saturated rings. The first kappa shape index (κ1) is 87.6. The van der Waals surface area contributed by atoms with Gasteiger partial charge in [-0.1, -0.05) is 425 Å². The lowest BCUT2D eigenvalue weighted by Crippen LogP contribution is -2.03. The zero-order chi connectivity index (χ0) is 99.1. The lowest BCUT2D eigenvalue weighted by atomic mass is 9.89. The Morgan fingerprint density at radius 2 is 0.380 bits per heavy atom. The first-order valence-electron chi connectivity index (χ1n) is 51.2. The van der Waals surface area contributed by atoms with E-state index in [1.54, 1.807) is 0 Å². The normalized spacial score (nSPS) is 11.6. The Morgan fingerprint density at radius 1 is 0.127 bits per heavy atom. The van der Waals surface area contributed by atoms with Crippen LogP contribution in [0.5, 0.6) is 0 Å². The van der Waals surface area contributed by atoms with Crippen molar-refractivity contribution >= 4 is 131 Å². The fraction of sp³-hybridized carbons (Fsp3) is 0. The van der Waals surface area contributed by atoms with Crippen molar-refractivity contribution in [1.29, 1.82) is 0 Å². The van der Waals surface area contributed by atoms with Gasteiger partial charge in [-0.15, -0.1) is 0 Å². The summed E-state index contributed by atoms with van der Waals surface area (Å²) in [4.78, 5) is 13.6. The van der Waals surface area contributed by atoms with Crippen LogP contribution in [0.15, 0.2) is 565 Å². The van der Waals surface area contributed by atoms with E-state index < -0.39 is 0 Å². The summed E-state index contributed by atoms with van der Waals surface area (Å²) in [5.74, 6) is 0. The number of benzene rings is 21. The fourth-order valence-electron chi connectivity index (χ4n) is 23.6. The van der Waals surface area contributed by atoms with E-state index in [9.17, 15) is 0 Å². The van der Waals surface area contributed by atoms with Crippen molar-refractivity contribution in [3.63, 3.8) is 0 Å². The largest absolute Gasteiger partial charge is 0.309 e. The summed E-state index contributed by atoms with van der Waals surface area (Å²) in [7, 11) is 0. The van der Waals surface area contributed by atoms with E-state index >= 15 is 0 Å². The molecule has 30 aromatic rings. The van der Waals surface area contributed by atoms with Crippen molar-refractivity contribution in [1.82, 2.24) is 42.4 Å². The van der Waals surface area contributed by atoms with Gasteiger partial charge in [0.25, 0.3) is 0 Å². The van der Waals surface area contributed by atoms with Gasteiger partial charge in [-0.3, -0.25) is 15.0 Å². The number of fused-ring (bicyclic) bond motifs is 18. The number of rotatable bonds is 15. The van der Waals surface area contributed by atoms with Crippen LogP contribution in [0.3, 0.4) is 0 Å². The second kappa shape index (κ2) is 37.2. The number of hydrogen-bond donors (Lipinski definition) is 0. The van der Waals surface area contributed by atoms with Gasteiger partial charge in [-0.05, 0) is 159 Å². The highest BCUT2D eigenvalue weighted by Crippen LogP contribution is 2.52. The van der Waals surface area contributed by atoms with E-state index in [0.717, 1.165) is 94.3 Å². The number of aromatic nitrogens is 9. The van der Waals surface area contributed by atoms with Crippen LogP contribution in [0.4, 0.5) is 0 Å². The minimum atomic E-state index is 1.11. The summed E-state index contributed by atoms with van der Waals surface area (Å²) >= 11 is 0. The lowest BCUT2D eigenvalue weighted by Gasteiger charge is -2.23. The van der Waals surface area contributed by atoms with Gasteiger partial charge in [-0.2, -0.15) is 0 Å². The second-order valence-corrected chi connectivity index (χ2v) is 38.3. The van der Waals surface area contributed by atoms with Crippen molar-refractivity contribution < 1.29 is 0 Å². The molecule has 0 radical (unpaired) electrons. The van der Waals surface area contributed by atoms with E-state index in [2.05, 4.69) is 570 Å². The molecule has 0 aliphatic heterocycles. The smallest absolute Gasteiger partial charge is 0.0619 e. The predicted octanol–water partition coefficient (Wildman–Crippen LogP) is 36.8. The Hall–Kier alpha value is -20.1. The third-order valence-corrected chi connectivity index (χ3v) is 30.1. The molecular weight excluding hydrogens is 1820 g/mol. The number of para-hydroxylation sites is 12. The third-order valence-electron chi connectivity index (χ3n) is 30.1. The predicted molar refractivity (Wildman–Crippen MR) is 628 cm³/mol. The standard InChI is InChI=1S/3C47H31N3/c1-3-15-32(16-4-1)34-22-13-24-39(47(34)50-42-26-11-7-19-35(42)36-20-8-12-27-43(36)50)38-23-14-28-45(46(38)33-17-5-2-6-18-33)49-41-25-10-9-21-37(41)40-31-48-30-29-44(40)49;1-3-14-32(15-4-1)34-28-35(30-36(29-34)49-43-23-10-9-20-41(43)42-31-48-27-26-46(42)49)38-22-13-21-37(33-16-5-2-6-17-33)47(38)50-44-24-11-7-18-39(44)40-19-8-12-25-45(40)50;1-3-14-32(15-4-1)35-27-26-34(30-46(35)49-42-23-10-9-20-40(42)41-31-48-29-28-45(41)49)37-22-13-21-36(33-16-5-2-6-17-33)47(37)50-43-24-11-7-18-38(43)39-19-8-12-25-44(39)50/h3*1-31H. The molecule has 0 saturated carbocycles. The molecule has 0 amide bonds. The molecule has 9 nitrogen and oxygen atoms in total. The molecular formula is C141H93N9. The Morgan fingerprint density at radius 3 is 0.753 bits per heavy atom. The summed E-state index contributed by atoms with van der Waals surface area (Å²) in [6.45, 7) is 0. The Bertz CT molecular complexity index is 10000. The molecule has 0 bridgehead atoms. The van der Waals surface area contributed by atoms with Crippen LogP contribution in [0.2, 0.25) is 0 Å². The molecule has 702 valence electrons. The molecule has 150 heavy (non-hydrogen) atoms. The molecule has 9 heteroatoms. The molecule has 9 heterocycles. The maximum absolute atomic E-state index is 4.53. The van der Waals surface area contributed by atoms with E-state index in [4.69, 9.17) is 0 Å². The van der Waals surface area contributed by atoms with E-state index in [1.165, 1.54) is 171 Å². The first-order valence-corrected chi connectivity index (χ1v) is 51.2. The van der Waals surface area contributed by atoms with Crippen molar-refractivity contribution in [2.75, 3.05) is 0 Å². The van der Waals surface area contributed by atoms with Crippen molar-refractivity contribution in [2.45, 2.75) is 0 Å². The van der Waals surface area contributed by atoms with Gasteiger partial charge in [0.2, 0.25) is 0 Å². The van der Waals surface area contributed by atoms with Crippen LogP contribution < -0.4 is 0 Å². The fourth-order valence-corrected chi connectivity index (χ4v) is 23.6. The van der Waals surface area contributed by atoms with E-state index in [-0.39, 0.29) is 0 Å². The van der Waals surface area contributed by atoms with Crippen molar-refractivity contribution in [3.8, 4) is 134 Å². The summed E-state index contributed by atoms with van der Waals surface area (Å²) in [6.07, 6.45) is 11.7. The maximum Gasteiger partial charge on any atom is 0.0619 e. The number of hydrogen-bond acceptors (Lipinski definition) is 3. The maximum atomic E-state index is 4.53. The molecule has 0 aliphatic carbocycles. The van der Waals surface area contributed by atoms with Gasteiger partial charge in [0.15, 0.2) is 0 Å². The van der Waals surface area contributed by atoms with Crippen molar-refractivity contribution in [2.24, 2.45) is 0 Å². The number of pyridine rings is 3. The van der Waals surface area contributed by atoms with Crippen LogP contribution in [0.25, 0.3) is 265 Å². The van der Waals surface area contributed by atoms with Crippen LogP contribution in [-0.2, 0) is 0 Å². The molecule has 21 aromatic carbocycles. The van der Waals surface area contributed by atoms with Gasteiger partial charge in [0, 0.05) is 152 Å². The average molecular weight is 1910 g/mol. The van der Waals surface area contributed by atoms with Crippen LogP contribution in [0, 0.1) is 0 Å². The molecule has 0 atom stereocenters. The highest BCUT2D eigenvalue weighted by Gasteiger charge is 2.30. The van der Waals surface area contributed by atoms with Crippen LogP contribution in [0.1, 0.15) is 0 Å². The molecule has 0 unspecified atom stereocenters. The Labute approximate surface area is 866 Å². The summed E-state index contributed by atoms with van der Waals surface area (Å²) < 4.78 is 14.7. The molecule has 0 spiro atoms. The second-order valence-electron chi connectivity index (χ2n) is 38.3. The quantitative estimate of drug-likeness (QED) is 0.103. The molecule has 9 aromatic heterocycles. The highest BCUT2D eigenvalue weighted by atomic mass is 15.0. The zero-order valence-corrected chi connectivity index (χ0v) is 81.7. The van der Waals surface area contributed by atoms with Gasteiger partial charge in [0.05, 0.1) is 94.6 Å². The van der Waals surface area contributed by atoms with Crippen molar-refractivity contribution in [3.05, 3.63) is 565 Å².